The van der Waals surface area contributed by atoms with Gasteiger partial charge in [0.2, 0.25) is 0 Å². The van der Waals surface area contributed by atoms with Crippen molar-refractivity contribution in [2.24, 2.45) is 0 Å². The van der Waals surface area contributed by atoms with E-state index in [9.17, 15) is 4.79 Å². The minimum absolute atomic E-state index is 0.100. The number of carbonyl (C=O) groups is 1. The van der Waals surface area contributed by atoms with Crippen molar-refractivity contribution in [3.05, 3.63) is 70.8 Å². The minimum Gasteiger partial charge on any atom is -0.489 e. The van der Waals surface area contributed by atoms with Gasteiger partial charge in [-0.2, -0.15) is 10.5 Å². The standard InChI is InChI=1S/C21H17N3O2/c22-12-16-1-3-17(4-2-16)14-26-20-9-5-15(6-10-20)11-18(13-23)21(25)24-19-7-8-19/h1-6,9-11,19H,7-8,14H2,(H,24,25)/b18-11+. The molecule has 1 amide bonds. The molecule has 3 rings (SSSR count). The van der Waals surface area contributed by atoms with Gasteiger partial charge in [0.25, 0.3) is 5.91 Å². The van der Waals surface area contributed by atoms with E-state index in [1.165, 1.54) is 0 Å². The predicted molar refractivity (Wildman–Crippen MR) is 96.7 cm³/mol. The summed E-state index contributed by atoms with van der Waals surface area (Å²) in [5, 5.41) is 20.8. The van der Waals surface area contributed by atoms with Gasteiger partial charge in [0.05, 0.1) is 11.6 Å². The Labute approximate surface area is 152 Å². The van der Waals surface area contributed by atoms with Crippen molar-refractivity contribution < 1.29 is 9.53 Å². The summed E-state index contributed by atoms with van der Waals surface area (Å²) in [6.07, 6.45) is 3.54. The fraction of sp³-hybridized carbons (Fsp3) is 0.190. The van der Waals surface area contributed by atoms with Crippen molar-refractivity contribution in [3.8, 4) is 17.9 Å². The third kappa shape index (κ3) is 4.72. The highest BCUT2D eigenvalue weighted by atomic mass is 16.5. The van der Waals surface area contributed by atoms with E-state index in [-0.39, 0.29) is 17.5 Å². The van der Waals surface area contributed by atoms with Crippen molar-refractivity contribution in [2.75, 3.05) is 0 Å². The molecule has 1 saturated carbocycles. The number of nitriles is 2. The van der Waals surface area contributed by atoms with E-state index in [2.05, 4.69) is 11.4 Å². The number of rotatable bonds is 6. The molecule has 5 heteroatoms. The average molecular weight is 343 g/mol. The lowest BCUT2D eigenvalue weighted by Gasteiger charge is -2.07. The molecule has 0 aliphatic heterocycles. The largest absolute Gasteiger partial charge is 0.489 e. The molecule has 0 atom stereocenters. The van der Waals surface area contributed by atoms with Crippen LogP contribution in [0.4, 0.5) is 0 Å². The Morgan fingerprint density at radius 1 is 1.12 bits per heavy atom. The van der Waals surface area contributed by atoms with E-state index in [0.717, 1.165) is 24.0 Å². The fourth-order valence-electron chi connectivity index (χ4n) is 2.31. The molecule has 1 fully saturated rings. The van der Waals surface area contributed by atoms with Crippen LogP contribution in [-0.4, -0.2) is 11.9 Å². The molecular weight excluding hydrogens is 326 g/mol. The minimum atomic E-state index is -0.323. The molecule has 0 radical (unpaired) electrons. The summed E-state index contributed by atoms with van der Waals surface area (Å²) >= 11 is 0. The van der Waals surface area contributed by atoms with Gasteiger partial charge < -0.3 is 10.1 Å². The van der Waals surface area contributed by atoms with Gasteiger partial charge in [-0.05, 0) is 54.3 Å². The Balaban J connectivity index is 1.60. The molecule has 0 aromatic heterocycles. The highest BCUT2D eigenvalue weighted by molar-refractivity contribution is 6.01. The summed E-state index contributed by atoms with van der Waals surface area (Å²) in [5.74, 6) is 0.364. The lowest BCUT2D eigenvalue weighted by molar-refractivity contribution is -0.117. The van der Waals surface area contributed by atoms with E-state index < -0.39 is 0 Å². The van der Waals surface area contributed by atoms with Crippen LogP contribution < -0.4 is 10.1 Å². The molecule has 0 heterocycles. The number of nitrogens with zero attached hydrogens (tertiary/aromatic N) is 2. The zero-order valence-electron chi connectivity index (χ0n) is 14.1. The van der Waals surface area contributed by atoms with E-state index in [1.54, 1.807) is 42.5 Å². The maximum Gasteiger partial charge on any atom is 0.262 e. The maximum atomic E-state index is 12.0. The quantitative estimate of drug-likeness (QED) is 0.644. The second-order valence-electron chi connectivity index (χ2n) is 6.08. The highest BCUT2D eigenvalue weighted by Crippen LogP contribution is 2.20. The number of ether oxygens (including phenoxy) is 1. The first-order valence-electron chi connectivity index (χ1n) is 8.32. The van der Waals surface area contributed by atoms with Gasteiger partial charge in [-0.15, -0.1) is 0 Å². The SMILES string of the molecule is N#C/C(=C\c1ccc(OCc2ccc(C#N)cc2)cc1)C(=O)NC1CC1. The van der Waals surface area contributed by atoms with Crippen molar-refractivity contribution in [1.29, 1.82) is 10.5 Å². The van der Waals surface area contributed by atoms with Gasteiger partial charge in [0.15, 0.2) is 0 Å². The van der Waals surface area contributed by atoms with Gasteiger partial charge in [0, 0.05) is 6.04 Å². The number of benzene rings is 2. The average Bonchev–Trinajstić information content (AvgIpc) is 3.49. The van der Waals surface area contributed by atoms with E-state index in [4.69, 9.17) is 15.3 Å². The first-order chi connectivity index (χ1) is 12.7. The van der Waals surface area contributed by atoms with Crippen molar-refractivity contribution >= 4 is 12.0 Å². The van der Waals surface area contributed by atoms with Gasteiger partial charge in [0.1, 0.15) is 24.0 Å². The molecule has 2 aromatic carbocycles. The molecule has 0 unspecified atom stereocenters. The molecule has 1 aliphatic rings. The number of amides is 1. The topological polar surface area (TPSA) is 85.9 Å². The summed E-state index contributed by atoms with van der Waals surface area (Å²) in [7, 11) is 0. The van der Waals surface area contributed by atoms with Gasteiger partial charge in [-0.1, -0.05) is 24.3 Å². The van der Waals surface area contributed by atoms with Crippen LogP contribution >= 0.6 is 0 Å². The Morgan fingerprint density at radius 3 is 2.38 bits per heavy atom. The predicted octanol–water partition coefficient (Wildman–Crippen LogP) is 3.32. The first kappa shape index (κ1) is 17.3. The zero-order valence-corrected chi connectivity index (χ0v) is 14.1. The van der Waals surface area contributed by atoms with Gasteiger partial charge in [-0.3, -0.25) is 4.79 Å². The normalized spacial score (nSPS) is 13.4. The summed E-state index contributed by atoms with van der Waals surface area (Å²) in [6.45, 7) is 0.397. The number of carbonyl (C=O) groups excluding carboxylic acids is 1. The molecule has 2 aromatic rings. The first-order valence-corrected chi connectivity index (χ1v) is 8.32. The number of hydrogen-bond acceptors (Lipinski definition) is 4. The maximum absolute atomic E-state index is 12.0. The molecule has 128 valence electrons. The van der Waals surface area contributed by atoms with Gasteiger partial charge in [-0.25, -0.2) is 0 Å². The molecule has 1 aliphatic carbocycles. The Bertz CT molecular complexity index is 896. The Hall–Kier alpha value is -3.57. The van der Waals surface area contributed by atoms with Gasteiger partial charge >= 0.3 is 0 Å². The third-order valence-electron chi connectivity index (χ3n) is 3.96. The molecule has 26 heavy (non-hydrogen) atoms. The summed E-state index contributed by atoms with van der Waals surface area (Å²) in [4.78, 5) is 12.0. The van der Waals surface area contributed by atoms with Crippen LogP contribution in [0.5, 0.6) is 5.75 Å². The lowest BCUT2D eigenvalue weighted by Crippen LogP contribution is -2.26. The summed E-state index contributed by atoms with van der Waals surface area (Å²) in [5.41, 5.74) is 2.45. The van der Waals surface area contributed by atoms with E-state index in [1.807, 2.05) is 18.2 Å². The smallest absolute Gasteiger partial charge is 0.262 e. The fourth-order valence-corrected chi connectivity index (χ4v) is 2.31. The van der Waals surface area contributed by atoms with Crippen LogP contribution in [0.25, 0.3) is 6.08 Å². The third-order valence-corrected chi connectivity index (χ3v) is 3.96. The zero-order chi connectivity index (χ0) is 18.4. The van der Waals surface area contributed by atoms with Crippen molar-refractivity contribution in [3.63, 3.8) is 0 Å². The Morgan fingerprint density at radius 2 is 1.81 bits per heavy atom. The molecule has 0 saturated heterocycles. The van der Waals surface area contributed by atoms with Crippen LogP contribution in [0.15, 0.2) is 54.1 Å². The molecule has 0 bridgehead atoms. The second-order valence-corrected chi connectivity index (χ2v) is 6.08. The summed E-state index contributed by atoms with van der Waals surface area (Å²) in [6, 6.07) is 18.7. The number of hydrogen-bond donors (Lipinski definition) is 1. The number of nitrogens with one attached hydrogen (secondary N) is 1. The lowest BCUT2D eigenvalue weighted by atomic mass is 10.1. The molecule has 1 N–H and O–H groups in total. The van der Waals surface area contributed by atoms with Crippen molar-refractivity contribution in [2.45, 2.75) is 25.5 Å². The van der Waals surface area contributed by atoms with E-state index >= 15 is 0 Å². The highest BCUT2D eigenvalue weighted by Gasteiger charge is 2.24. The van der Waals surface area contributed by atoms with Crippen molar-refractivity contribution in [1.82, 2.24) is 5.32 Å². The molecule has 0 spiro atoms. The van der Waals surface area contributed by atoms with Crippen LogP contribution in [0, 0.1) is 22.7 Å². The van der Waals surface area contributed by atoms with E-state index in [0.29, 0.717) is 17.9 Å². The van der Waals surface area contributed by atoms with Crippen LogP contribution in [0.2, 0.25) is 0 Å². The van der Waals surface area contributed by atoms with Crippen LogP contribution in [-0.2, 0) is 11.4 Å². The Kier molecular flexibility index (Phi) is 5.31. The van der Waals surface area contributed by atoms with Crippen LogP contribution in [0.1, 0.15) is 29.5 Å². The summed E-state index contributed by atoms with van der Waals surface area (Å²) < 4.78 is 5.71. The second kappa shape index (κ2) is 8.00. The van der Waals surface area contributed by atoms with Crippen LogP contribution in [0.3, 0.4) is 0 Å². The molecular formula is C21H17N3O2. The monoisotopic (exact) mass is 343 g/mol. The molecule has 5 nitrogen and oxygen atoms in total.